The molecule has 0 saturated carbocycles. The monoisotopic (exact) mass is 496 g/mol. The van der Waals surface area contributed by atoms with Gasteiger partial charge in [0.25, 0.3) is 0 Å². The number of benzene rings is 2. The summed E-state index contributed by atoms with van der Waals surface area (Å²) in [4.78, 5) is 6.02. The molecule has 0 spiro atoms. The van der Waals surface area contributed by atoms with Crippen molar-refractivity contribution in [2.45, 2.75) is 16.3 Å². The van der Waals surface area contributed by atoms with Crippen molar-refractivity contribution < 1.29 is 21.4 Å². The van der Waals surface area contributed by atoms with E-state index in [0.29, 0.717) is 36.4 Å². The molecule has 2 aromatic carbocycles. The van der Waals surface area contributed by atoms with E-state index < -0.39 is 19.9 Å². The van der Waals surface area contributed by atoms with E-state index in [1.165, 1.54) is 28.6 Å². The summed E-state index contributed by atoms with van der Waals surface area (Å²) in [7, 11) is -7.62. The Morgan fingerprint density at radius 3 is 2.19 bits per heavy atom. The van der Waals surface area contributed by atoms with Crippen molar-refractivity contribution in [3.63, 3.8) is 0 Å². The molecule has 9 nitrogen and oxygen atoms in total. The third-order valence-corrected chi connectivity index (χ3v) is 8.62. The Kier molecular flexibility index (Phi) is 6.37. The van der Waals surface area contributed by atoms with Gasteiger partial charge in [-0.25, -0.2) is 16.8 Å². The largest absolute Gasteiger partial charge is 0.338 e. The van der Waals surface area contributed by atoms with Gasteiger partial charge >= 0.3 is 0 Å². The van der Waals surface area contributed by atoms with Crippen LogP contribution in [-0.4, -0.2) is 68.6 Å². The number of nitrogens with zero attached hydrogens (tertiary/aromatic N) is 4. The Bertz CT molecular complexity index is 1320. The molecular formula is C20H21ClN4O5S2. The van der Waals surface area contributed by atoms with Crippen molar-refractivity contribution in [1.29, 1.82) is 0 Å². The molecule has 0 atom stereocenters. The van der Waals surface area contributed by atoms with Crippen LogP contribution in [0.1, 0.15) is 5.89 Å². The number of sulfonamides is 1. The zero-order chi connectivity index (χ0) is 22.9. The minimum absolute atomic E-state index is 0.192. The van der Waals surface area contributed by atoms with Crippen molar-refractivity contribution in [1.82, 2.24) is 19.3 Å². The minimum atomic E-state index is -3.94. The zero-order valence-corrected chi connectivity index (χ0v) is 19.6. The minimum Gasteiger partial charge on any atom is -0.338 e. The van der Waals surface area contributed by atoms with Crippen LogP contribution in [0.3, 0.4) is 0 Å². The van der Waals surface area contributed by atoms with E-state index in [2.05, 4.69) is 10.1 Å². The Hall–Kier alpha value is -2.31. The lowest BCUT2D eigenvalue weighted by Gasteiger charge is -2.33. The molecule has 0 aliphatic carbocycles. The molecule has 1 aliphatic heterocycles. The van der Waals surface area contributed by atoms with Gasteiger partial charge in [0.1, 0.15) is 4.90 Å². The van der Waals surface area contributed by atoms with E-state index in [1.807, 2.05) is 4.90 Å². The molecule has 1 fully saturated rings. The number of piperazine rings is 1. The van der Waals surface area contributed by atoms with E-state index >= 15 is 0 Å². The normalized spacial score (nSPS) is 16.3. The van der Waals surface area contributed by atoms with Gasteiger partial charge in [0.2, 0.25) is 21.7 Å². The number of halogens is 1. The topological polar surface area (TPSA) is 114 Å². The molecule has 4 rings (SSSR count). The predicted octanol–water partition coefficient (Wildman–Crippen LogP) is 2.30. The molecule has 0 unspecified atom stereocenters. The second kappa shape index (κ2) is 8.91. The lowest BCUT2D eigenvalue weighted by molar-refractivity contribution is 0.163. The highest BCUT2D eigenvalue weighted by molar-refractivity contribution is 7.93. The number of aromatic nitrogens is 2. The Balaban J connectivity index is 1.42. The number of hydrogen-bond donors (Lipinski definition) is 0. The van der Waals surface area contributed by atoms with Crippen molar-refractivity contribution in [3.05, 3.63) is 59.4 Å². The summed E-state index contributed by atoms with van der Waals surface area (Å²) in [5.41, 5.74) is 0.782. The summed E-state index contributed by atoms with van der Waals surface area (Å²) in [5.74, 6) is 0.879. The van der Waals surface area contributed by atoms with Gasteiger partial charge in [0, 0.05) is 43.0 Å². The maximum Gasteiger partial charge on any atom is 0.244 e. The first-order valence-corrected chi connectivity index (χ1v) is 13.5. The number of sulfone groups is 1. The first-order valence-electron chi connectivity index (χ1n) is 9.75. The zero-order valence-electron chi connectivity index (χ0n) is 17.2. The van der Waals surface area contributed by atoms with E-state index in [4.69, 9.17) is 16.1 Å². The predicted molar refractivity (Wildman–Crippen MR) is 118 cm³/mol. The van der Waals surface area contributed by atoms with E-state index in [1.54, 1.807) is 24.3 Å². The van der Waals surface area contributed by atoms with Crippen molar-refractivity contribution in [3.8, 4) is 11.4 Å². The first kappa shape index (κ1) is 22.9. The van der Waals surface area contributed by atoms with Gasteiger partial charge in [-0.1, -0.05) is 28.9 Å². The van der Waals surface area contributed by atoms with E-state index in [9.17, 15) is 16.8 Å². The maximum atomic E-state index is 13.1. The lowest BCUT2D eigenvalue weighted by Crippen LogP contribution is -2.48. The molecule has 32 heavy (non-hydrogen) atoms. The van der Waals surface area contributed by atoms with Gasteiger partial charge in [-0.05, 0) is 36.4 Å². The first-order chi connectivity index (χ1) is 15.1. The molecule has 0 amide bonds. The average Bonchev–Trinajstić information content (AvgIpc) is 3.22. The van der Waals surface area contributed by atoms with Crippen LogP contribution in [0.4, 0.5) is 0 Å². The van der Waals surface area contributed by atoms with Crippen LogP contribution in [0.15, 0.2) is 62.8 Å². The van der Waals surface area contributed by atoms with E-state index in [0.717, 1.165) is 11.8 Å². The van der Waals surface area contributed by atoms with Gasteiger partial charge in [-0.15, -0.1) is 0 Å². The molecule has 2 heterocycles. The Morgan fingerprint density at radius 1 is 0.938 bits per heavy atom. The van der Waals surface area contributed by atoms with Crippen LogP contribution in [0.2, 0.25) is 5.02 Å². The second-order valence-electron chi connectivity index (χ2n) is 7.42. The lowest BCUT2D eigenvalue weighted by atomic mass is 10.2. The third-order valence-electron chi connectivity index (χ3n) is 5.13. The maximum absolute atomic E-state index is 13.1. The van der Waals surface area contributed by atoms with Gasteiger partial charge < -0.3 is 4.52 Å². The molecule has 0 N–H and O–H groups in total. The number of rotatable bonds is 6. The molecule has 12 heteroatoms. The summed E-state index contributed by atoms with van der Waals surface area (Å²) in [6.45, 7) is 1.71. The van der Waals surface area contributed by atoms with Crippen molar-refractivity contribution in [2.24, 2.45) is 0 Å². The van der Waals surface area contributed by atoms with Crippen LogP contribution >= 0.6 is 11.6 Å². The summed E-state index contributed by atoms with van der Waals surface area (Å²) in [6.07, 6.45) is 1.00. The molecule has 3 aromatic rings. The van der Waals surface area contributed by atoms with Crippen molar-refractivity contribution >= 4 is 31.5 Å². The highest BCUT2D eigenvalue weighted by Gasteiger charge is 2.32. The van der Waals surface area contributed by atoms with Crippen LogP contribution in [-0.2, 0) is 26.4 Å². The van der Waals surface area contributed by atoms with Gasteiger partial charge in [0.05, 0.1) is 11.4 Å². The summed E-state index contributed by atoms with van der Waals surface area (Å²) in [6, 6.07) is 12.8. The highest BCUT2D eigenvalue weighted by Crippen LogP contribution is 2.25. The smallest absolute Gasteiger partial charge is 0.244 e. The molecule has 0 bridgehead atoms. The standard InChI is InChI=1S/C20H21ClN4O5S2/c1-31(26,27)17-4-2-3-5-18(17)32(28,29)25-12-10-24(11-13-25)14-19-22-20(23-30-19)15-6-8-16(21)9-7-15/h2-9H,10-14H2,1H3. The second-order valence-corrected chi connectivity index (χ2v) is 11.7. The molecular weight excluding hydrogens is 476 g/mol. The SMILES string of the molecule is CS(=O)(=O)c1ccccc1S(=O)(=O)N1CCN(Cc2nc(-c3ccc(Cl)cc3)no2)CC1. The van der Waals surface area contributed by atoms with Crippen LogP contribution in [0.25, 0.3) is 11.4 Å². The summed E-state index contributed by atoms with van der Waals surface area (Å²) in [5, 5.41) is 4.60. The van der Waals surface area contributed by atoms with Gasteiger partial charge in [0.15, 0.2) is 9.84 Å². The number of hydrogen-bond acceptors (Lipinski definition) is 8. The fourth-order valence-electron chi connectivity index (χ4n) is 3.46. The van der Waals surface area contributed by atoms with Crippen LogP contribution < -0.4 is 0 Å². The molecule has 1 aromatic heterocycles. The van der Waals surface area contributed by atoms with Crippen molar-refractivity contribution in [2.75, 3.05) is 32.4 Å². The molecule has 1 saturated heterocycles. The van der Waals surface area contributed by atoms with E-state index in [-0.39, 0.29) is 22.9 Å². The Morgan fingerprint density at radius 2 is 1.56 bits per heavy atom. The highest BCUT2D eigenvalue weighted by atomic mass is 35.5. The van der Waals surface area contributed by atoms with Gasteiger partial charge in [-0.3, -0.25) is 4.90 Å². The summed E-state index contributed by atoms with van der Waals surface area (Å²) >= 11 is 5.90. The third kappa shape index (κ3) is 4.86. The summed E-state index contributed by atoms with van der Waals surface area (Å²) < 4.78 is 56.9. The van der Waals surface area contributed by atoms with Crippen LogP contribution in [0.5, 0.6) is 0 Å². The average molecular weight is 497 g/mol. The molecule has 170 valence electrons. The Labute approximate surface area is 191 Å². The fourth-order valence-corrected chi connectivity index (χ4v) is 6.61. The molecule has 0 radical (unpaired) electrons. The molecule has 1 aliphatic rings. The van der Waals surface area contributed by atoms with Gasteiger partial charge in [-0.2, -0.15) is 9.29 Å². The quantitative estimate of drug-likeness (QED) is 0.510. The fraction of sp³-hybridized carbons (Fsp3) is 0.300. The van der Waals surface area contributed by atoms with Crippen LogP contribution in [0, 0.1) is 0 Å².